The average molecular weight is 308 g/mol. The molecule has 0 unspecified atom stereocenters. The lowest BCUT2D eigenvalue weighted by Crippen LogP contribution is -2.15. The maximum Gasteiger partial charge on any atom is 0.255 e. The lowest BCUT2D eigenvalue weighted by molar-refractivity contribution is 0.102. The number of carbonyl (C=O) groups excluding carboxylic acids is 1. The molecule has 21 heavy (non-hydrogen) atoms. The highest BCUT2D eigenvalue weighted by molar-refractivity contribution is 7.89. The quantitative estimate of drug-likeness (QED) is 0.909. The van der Waals surface area contributed by atoms with E-state index in [9.17, 15) is 17.6 Å². The first-order valence-electron chi connectivity index (χ1n) is 5.98. The number of benzene rings is 2. The van der Waals surface area contributed by atoms with Crippen LogP contribution in [0.1, 0.15) is 15.9 Å². The molecule has 0 bridgehead atoms. The van der Waals surface area contributed by atoms with Crippen LogP contribution in [0.3, 0.4) is 0 Å². The summed E-state index contributed by atoms with van der Waals surface area (Å²) in [7, 11) is -3.79. The zero-order chi connectivity index (χ0) is 15.6. The van der Waals surface area contributed by atoms with Crippen molar-refractivity contribution >= 4 is 21.6 Å². The summed E-state index contributed by atoms with van der Waals surface area (Å²) in [5.74, 6) is -0.811. The first-order chi connectivity index (χ1) is 9.77. The van der Waals surface area contributed by atoms with Crippen LogP contribution in [0.15, 0.2) is 47.4 Å². The Kier molecular flexibility index (Phi) is 4.06. The molecule has 3 N–H and O–H groups in total. The van der Waals surface area contributed by atoms with Gasteiger partial charge in [-0.05, 0) is 55.0 Å². The minimum atomic E-state index is -3.79. The smallest absolute Gasteiger partial charge is 0.255 e. The number of anilines is 1. The van der Waals surface area contributed by atoms with Gasteiger partial charge < -0.3 is 5.32 Å². The largest absolute Gasteiger partial charge is 0.322 e. The van der Waals surface area contributed by atoms with Crippen LogP contribution < -0.4 is 10.5 Å². The predicted octanol–water partition coefficient (Wildman–Crippen LogP) is 2.03. The number of amides is 1. The van der Waals surface area contributed by atoms with Gasteiger partial charge in [-0.3, -0.25) is 4.79 Å². The summed E-state index contributed by atoms with van der Waals surface area (Å²) in [5, 5.41) is 7.60. The fraction of sp³-hybridized carbons (Fsp3) is 0.0714. The van der Waals surface area contributed by atoms with Crippen molar-refractivity contribution in [1.82, 2.24) is 0 Å². The molecule has 0 aliphatic carbocycles. The van der Waals surface area contributed by atoms with E-state index in [0.29, 0.717) is 11.3 Å². The van der Waals surface area contributed by atoms with E-state index in [1.807, 2.05) is 0 Å². The fourth-order valence-electron chi connectivity index (χ4n) is 1.76. The Hall–Kier alpha value is -2.25. The summed E-state index contributed by atoms with van der Waals surface area (Å²) >= 11 is 0. The Balaban J connectivity index is 2.21. The average Bonchev–Trinajstić information content (AvgIpc) is 2.41. The van der Waals surface area contributed by atoms with Crippen molar-refractivity contribution in [3.63, 3.8) is 0 Å². The van der Waals surface area contributed by atoms with E-state index in [0.717, 1.165) is 0 Å². The van der Waals surface area contributed by atoms with Crippen LogP contribution in [-0.4, -0.2) is 14.3 Å². The van der Waals surface area contributed by atoms with Gasteiger partial charge in [0, 0.05) is 11.3 Å². The third-order valence-electron chi connectivity index (χ3n) is 2.88. The topological polar surface area (TPSA) is 89.3 Å². The number of hydrogen-bond donors (Lipinski definition) is 2. The summed E-state index contributed by atoms with van der Waals surface area (Å²) in [6, 6.07) is 9.22. The van der Waals surface area contributed by atoms with Gasteiger partial charge in [0.25, 0.3) is 5.91 Å². The summed E-state index contributed by atoms with van der Waals surface area (Å²) < 4.78 is 35.2. The molecule has 0 aliphatic heterocycles. The molecular formula is C14H13FN2O3S. The monoisotopic (exact) mass is 308 g/mol. The van der Waals surface area contributed by atoms with Crippen molar-refractivity contribution in [2.24, 2.45) is 5.14 Å². The fourth-order valence-corrected chi connectivity index (χ4v) is 2.27. The summed E-state index contributed by atoms with van der Waals surface area (Å²) in [5.41, 5.74) is 1.34. The molecule has 0 aliphatic rings. The normalized spacial score (nSPS) is 11.2. The first kappa shape index (κ1) is 15.1. The summed E-state index contributed by atoms with van der Waals surface area (Å²) in [6.07, 6.45) is 0. The van der Waals surface area contributed by atoms with Crippen LogP contribution >= 0.6 is 0 Å². The van der Waals surface area contributed by atoms with Gasteiger partial charge in [-0.15, -0.1) is 0 Å². The number of nitrogens with two attached hydrogens (primary N) is 1. The second-order valence-electron chi connectivity index (χ2n) is 4.48. The van der Waals surface area contributed by atoms with Gasteiger partial charge in [0.1, 0.15) is 5.82 Å². The van der Waals surface area contributed by atoms with Crippen LogP contribution in [0.5, 0.6) is 0 Å². The van der Waals surface area contributed by atoms with E-state index in [1.165, 1.54) is 42.5 Å². The van der Waals surface area contributed by atoms with E-state index in [2.05, 4.69) is 5.32 Å². The van der Waals surface area contributed by atoms with Gasteiger partial charge in [-0.2, -0.15) is 0 Å². The molecule has 0 heterocycles. The van der Waals surface area contributed by atoms with Crippen molar-refractivity contribution in [3.05, 3.63) is 59.4 Å². The number of primary sulfonamides is 1. The molecule has 2 rings (SSSR count). The van der Waals surface area contributed by atoms with Crippen molar-refractivity contribution in [2.75, 3.05) is 5.32 Å². The van der Waals surface area contributed by atoms with Gasteiger partial charge in [0.15, 0.2) is 0 Å². The molecule has 2 aromatic carbocycles. The Morgan fingerprint density at radius 3 is 2.29 bits per heavy atom. The SMILES string of the molecule is Cc1cc(F)ccc1NC(=O)c1ccc(S(N)(=O)=O)cc1. The van der Waals surface area contributed by atoms with Crippen LogP contribution in [0.25, 0.3) is 0 Å². The minimum Gasteiger partial charge on any atom is -0.322 e. The lowest BCUT2D eigenvalue weighted by atomic mass is 10.1. The Labute approximate surface area is 121 Å². The van der Waals surface area contributed by atoms with E-state index in [-0.39, 0.29) is 16.3 Å². The zero-order valence-corrected chi connectivity index (χ0v) is 11.9. The van der Waals surface area contributed by atoms with Crippen molar-refractivity contribution in [2.45, 2.75) is 11.8 Å². The molecule has 0 spiro atoms. The Bertz CT molecular complexity index is 786. The highest BCUT2D eigenvalue weighted by Crippen LogP contribution is 2.17. The molecule has 110 valence electrons. The summed E-state index contributed by atoms with van der Waals surface area (Å²) in [4.78, 5) is 12.0. The van der Waals surface area contributed by atoms with Crippen LogP contribution in [-0.2, 0) is 10.0 Å². The number of hydrogen-bond acceptors (Lipinski definition) is 3. The van der Waals surface area contributed by atoms with Crippen molar-refractivity contribution in [3.8, 4) is 0 Å². The summed E-state index contributed by atoms with van der Waals surface area (Å²) in [6.45, 7) is 1.67. The van der Waals surface area contributed by atoms with E-state index in [4.69, 9.17) is 5.14 Å². The third kappa shape index (κ3) is 3.65. The van der Waals surface area contributed by atoms with Crippen molar-refractivity contribution in [1.29, 1.82) is 0 Å². The second kappa shape index (κ2) is 5.63. The number of aryl methyl sites for hydroxylation is 1. The van der Waals surface area contributed by atoms with Gasteiger partial charge in [-0.1, -0.05) is 0 Å². The molecule has 0 saturated heterocycles. The zero-order valence-electron chi connectivity index (χ0n) is 11.1. The van der Waals surface area contributed by atoms with Crippen LogP contribution in [0.4, 0.5) is 10.1 Å². The number of halogens is 1. The van der Waals surface area contributed by atoms with Gasteiger partial charge in [0.05, 0.1) is 4.90 Å². The highest BCUT2D eigenvalue weighted by Gasteiger charge is 2.11. The number of carbonyl (C=O) groups is 1. The molecule has 0 aromatic heterocycles. The molecule has 2 aromatic rings. The maximum atomic E-state index is 13.0. The molecule has 1 amide bonds. The molecule has 5 nitrogen and oxygen atoms in total. The van der Waals surface area contributed by atoms with Crippen LogP contribution in [0, 0.1) is 12.7 Å². The maximum absolute atomic E-state index is 13.0. The molecule has 0 saturated carbocycles. The Morgan fingerprint density at radius 2 is 1.76 bits per heavy atom. The second-order valence-corrected chi connectivity index (χ2v) is 6.04. The molecule has 7 heteroatoms. The minimum absolute atomic E-state index is 0.0722. The van der Waals surface area contributed by atoms with Gasteiger partial charge in [-0.25, -0.2) is 17.9 Å². The molecular weight excluding hydrogens is 295 g/mol. The molecule has 0 atom stereocenters. The highest BCUT2D eigenvalue weighted by atomic mass is 32.2. The Morgan fingerprint density at radius 1 is 1.14 bits per heavy atom. The van der Waals surface area contributed by atoms with Gasteiger partial charge in [0.2, 0.25) is 10.0 Å². The number of sulfonamides is 1. The standard InChI is InChI=1S/C14H13FN2O3S/c1-9-8-11(15)4-7-13(9)17-14(18)10-2-5-12(6-3-10)21(16,19)20/h2-8H,1H3,(H,17,18)(H2,16,19,20). The number of rotatable bonds is 3. The lowest BCUT2D eigenvalue weighted by Gasteiger charge is -2.08. The molecule has 0 radical (unpaired) electrons. The molecule has 0 fully saturated rings. The predicted molar refractivity (Wildman–Crippen MR) is 76.9 cm³/mol. The van der Waals surface area contributed by atoms with Crippen molar-refractivity contribution < 1.29 is 17.6 Å². The van der Waals surface area contributed by atoms with E-state index in [1.54, 1.807) is 6.92 Å². The third-order valence-corrected chi connectivity index (χ3v) is 3.81. The van der Waals surface area contributed by atoms with E-state index >= 15 is 0 Å². The number of nitrogens with one attached hydrogen (secondary N) is 1. The van der Waals surface area contributed by atoms with E-state index < -0.39 is 15.9 Å². The van der Waals surface area contributed by atoms with Crippen LogP contribution in [0.2, 0.25) is 0 Å². The van der Waals surface area contributed by atoms with Gasteiger partial charge >= 0.3 is 0 Å². The first-order valence-corrected chi connectivity index (χ1v) is 7.52.